The van der Waals surface area contributed by atoms with Crippen molar-refractivity contribution < 1.29 is 9.53 Å². The summed E-state index contributed by atoms with van der Waals surface area (Å²) in [6.07, 6.45) is 1.73. The average Bonchev–Trinajstić information content (AvgIpc) is 3.07. The van der Waals surface area contributed by atoms with Gasteiger partial charge in [-0.2, -0.15) is 5.10 Å². The Labute approximate surface area is 142 Å². The normalized spacial score (nSPS) is 16.9. The van der Waals surface area contributed by atoms with Crippen molar-refractivity contribution in [2.75, 3.05) is 7.11 Å². The molecule has 2 aromatic carbocycles. The maximum Gasteiger partial charge on any atom is 0.240 e. The molecule has 0 saturated carbocycles. The summed E-state index contributed by atoms with van der Waals surface area (Å²) in [7, 11) is 1.65. The number of carbonyl (C=O) groups is 1. The molecule has 0 aliphatic carbocycles. The molecular weight excluding hydrogens is 300 g/mol. The summed E-state index contributed by atoms with van der Waals surface area (Å²) < 4.78 is 5.20. The maximum absolute atomic E-state index is 12.0. The predicted octanol–water partition coefficient (Wildman–Crippen LogP) is 3.96. The first-order chi connectivity index (χ1) is 11.6. The molecule has 0 fully saturated rings. The van der Waals surface area contributed by atoms with Crippen LogP contribution in [0.3, 0.4) is 0 Å². The van der Waals surface area contributed by atoms with Gasteiger partial charge in [0.05, 0.1) is 18.9 Å². The number of carbonyl (C=O) groups excluding carboxylic acids is 1. The second kappa shape index (κ2) is 6.87. The minimum atomic E-state index is -0.0388. The highest BCUT2D eigenvalue weighted by atomic mass is 16.5. The summed E-state index contributed by atoms with van der Waals surface area (Å²) >= 11 is 0. The Balaban J connectivity index is 1.88. The minimum absolute atomic E-state index is 0.0366. The molecule has 0 aromatic heterocycles. The molecule has 4 heteroatoms. The van der Waals surface area contributed by atoms with Crippen LogP contribution >= 0.6 is 0 Å². The van der Waals surface area contributed by atoms with Crippen molar-refractivity contribution >= 4 is 11.6 Å². The van der Waals surface area contributed by atoms with Crippen LogP contribution in [0.15, 0.2) is 53.6 Å². The van der Waals surface area contributed by atoms with Crippen LogP contribution < -0.4 is 4.74 Å². The Kier molecular flexibility index (Phi) is 4.65. The second-order valence-electron chi connectivity index (χ2n) is 5.95. The van der Waals surface area contributed by atoms with Gasteiger partial charge in [0.25, 0.3) is 0 Å². The molecule has 24 heavy (non-hydrogen) atoms. The number of methoxy groups -OCH3 is 1. The van der Waals surface area contributed by atoms with Crippen LogP contribution in [0.5, 0.6) is 5.75 Å². The van der Waals surface area contributed by atoms with Crippen LogP contribution in [0.2, 0.25) is 0 Å². The highest BCUT2D eigenvalue weighted by Crippen LogP contribution is 2.33. The van der Waals surface area contributed by atoms with E-state index < -0.39 is 0 Å². The smallest absolute Gasteiger partial charge is 0.240 e. The van der Waals surface area contributed by atoms with Crippen LogP contribution in [-0.4, -0.2) is 23.7 Å². The van der Waals surface area contributed by atoms with E-state index >= 15 is 0 Å². The number of aryl methyl sites for hydroxylation is 1. The number of ether oxygens (including phenoxy) is 1. The van der Waals surface area contributed by atoms with Gasteiger partial charge in [0.1, 0.15) is 5.75 Å². The van der Waals surface area contributed by atoms with Gasteiger partial charge in [-0.25, -0.2) is 5.01 Å². The summed E-state index contributed by atoms with van der Waals surface area (Å²) in [5.74, 6) is 0.774. The second-order valence-corrected chi connectivity index (χ2v) is 5.95. The summed E-state index contributed by atoms with van der Waals surface area (Å²) in [6.45, 7) is 3.70. The number of amides is 1. The van der Waals surface area contributed by atoms with Crippen LogP contribution in [-0.2, 0) is 11.2 Å². The highest BCUT2D eigenvalue weighted by Gasteiger charge is 2.31. The first-order valence-corrected chi connectivity index (χ1v) is 8.23. The van der Waals surface area contributed by atoms with E-state index in [0.29, 0.717) is 0 Å². The van der Waals surface area contributed by atoms with Gasteiger partial charge in [-0.1, -0.05) is 31.2 Å². The van der Waals surface area contributed by atoms with E-state index in [0.717, 1.165) is 35.4 Å². The molecule has 1 aliphatic heterocycles. The van der Waals surface area contributed by atoms with Crippen LogP contribution in [0.1, 0.15) is 43.0 Å². The van der Waals surface area contributed by atoms with Crippen LogP contribution in [0, 0.1) is 0 Å². The molecule has 0 bridgehead atoms. The first kappa shape index (κ1) is 16.2. The van der Waals surface area contributed by atoms with Crippen molar-refractivity contribution in [3.05, 3.63) is 65.2 Å². The van der Waals surface area contributed by atoms with Crippen molar-refractivity contribution in [1.82, 2.24) is 5.01 Å². The number of hydrogen-bond acceptors (Lipinski definition) is 3. The molecule has 0 radical (unpaired) electrons. The Morgan fingerprint density at radius 3 is 2.38 bits per heavy atom. The van der Waals surface area contributed by atoms with Crippen molar-refractivity contribution in [2.45, 2.75) is 32.7 Å². The quantitative estimate of drug-likeness (QED) is 0.855. The van der Waals surface area contributed by atoms with Gasteiger partial charge in [0.2, 0.25) is 5.91 Å². The lowest BCUT2D eigenvalue weighted by atomic mass is 9.97. The van der Waals surface area contributed by atoms with Gasteiger partial charge in [-0.15, -0.1) is 0 Å². The fraction of sp³-hybridized carbons (Fsp3) is 0.300. The third-order valence-corrected chi connectivity index (χ3v) is 4.43. The average molecular weight is 322 g/mol. The van der Waals surface area contributed by atoms with Gasteiger partial charge < -0.3 is 4.74 Å². The Hall–Kier alpha value is -2.62. The highest BCUT2D eigenvalue weighted by molar-refractivity contribution is 6.03. The van der Waals surface area contributed by atoms with Crippen molar-refractivity contribution in [3.63, 3.8) is 0 Å². The SMILES string of the molecule is CCc1ccc([C@@H]2CC(c3ccc(OC)cc3)=NN2C(C)=O)cc1. The zero-order valence-electron chi connectivity index (χ0n) is 14.3. The van der Waals surface area contributed by atoms with E-state index in [1.807, 2.05) is 24.3 Å². The predicted molar refractivity (Wildman–Crippen MR) is 95.2 cm³/mol. The molecule has 0 unspecified atom stereocenters. The van der Waals surface area contributed by atoms with Crippen LogP contribution in [0.25, 0.3) is 0 Å². The van der Waals surface area contributed by atoms with Gasteiger partial charge in [-0.05, 0) is 47.4 Å². The zero-order chi connectivity index (χ0) is 17.1. The molecule has 1 aliphatic rings. The van der Waals surface area contributed by atoms with Crippen molar-refractivity contribution in [3.8, 4) is 5.75 Å². The number of hydrogen-bond donors (Lipinski definition) is 0. The lowest BCUT2D eigenvalue weighted by molar-refractivity contribution is -0.130. The Morgan fingerprint density at radius 2 is 1.83 bits per heavy atom. The summed E-state index contributed by atoms with van der Waals surface area (Å²) in [5, 5.41) is 6.17. The lowest BCUT2D eigenvalue weighted by Gasteiger charge is -2.20. The molecular formula is C20H22N2O2. The number of rotatable bonds is 4. The largest absolute Gasteiger partial charge is 0.497 e. The van der Waals surface area contributed by atoms with E-state index in [9.17, 15) is 4.79 Å². The molecule has 124 valence electrons. The fourth-order valence-electron chi connectivity index (χ4n) is 2.99. The molecule has 1 amide bonds. The minimum Gasteiger partial charge on any atom is -0.497 e. The number of hydrazone groups is 1. The van der Waals surface area contributed by atoms with E-state index in [2.05, 4.69) is 36.3 Å². The van der Waals surface area contributed by atoms with E-state index in [1.54, 1.807) is 19.0 Å². The molecule has 1 atom stereocenters. The molecule has 4 nitrogen and oxygen atoms in total. The summed E-state index contributed by atoms with van der Waals surface area (Å²) in [6, 6.07) is 16.2. The van der Waals surface area contributed by atoms with Crippen LogP contribution in [0.4, 0.5) is 0 Å². The van der Waals surface area contributed by atoms with Gasteiger partial charge >= 0.3 is 0 Å². The molecule has 1 heterocycles. The van der Waals surface area contributed by atoms with Crippen molar-refractivity contribution in [1.29, 1.82) is 0 Å². The van der Waals surface area contributed by atoms with Gasteiger partial charge in [0, 0.05) is 13.3 Å². The molecule has 3 rings (SSSR count). The topological polar surface area (TPSA) is 41.9 Å². The monoisotopic (exact) mass is 322 g/mol. The molecule has 2 aromatic rings. The maximum atomic E-state index is 12.0. The van der Waals surface area contributed by atoms with E-state index in [4.69, 9.17) is 4.74 Å². The number of benzene rings is 2. The molecule has 0 saturated heterocycles. The standard InChI is InChI=1S/C20H22N2O2/c1-4-15-5-7-17(8-6-15)20-13-19(21-22(20)14(2)23)16-9-11-18(24-3)12-10-16/h5-12,20H,4,13H2,1-3H3/t20-/m0/s1. The lowest BCUT2D eigenvalue weighted by Crippen LogP contribution is -2.24. The molecule has 0 N–H and O–H groups in total. The van der Waals surface area contributed by atoms with E-state index in [-0.39, 0.29) is 11.9 Å². The van der Waals surface area contributed by atoms with E-state index in [1.165, 1.54) is 5.56 Å². The first-order valence-electron chi connectivity index (χ1n) is 8.23. The summed E-state index contributed by atoms with van der Waals surface area (Å²) in [4.78, 5) is 12.0. The third kappa shape index (κ3) is 3.18. The van der Waals surface area contributed by atoms with Gasteiger partial charge in [0.15, 0.2) is 0 Å². The zero-order valence-corrected chi connectivity index (χ0v) is 14.3. The fourth-order valence-corrected chi connectivity index (χ4v) is 2.99. The third-order valence-electron chi connectivity index (χ3n) is 4.43. The summed E-state index contributed by atoms with van der Waals surface area (Å²) in [5.41, 5.74) is 4.37. The van der Waals surface area contributed by atoms with Crippen molar-refractivity contribution in [2.24, 2.45) is 5.10 Å². The molecule has 0 spiro atoms. The number of nitrogens with zero attached hydrogens (tertiary/aromatic N) is 2. The van der Waals surface area contributed by atoms with Gasteiger partial charge in [-0.3, -0.25) is 4.79 Å². The Morgan fingerprint density at radius 1 is 1.17 bits per heavy atom. The Bertz CT molecular complexity index is 748.